The Labute approximate surface area is 128 Å². The summed E-state index contributed by atoms with van der Waals surface area (Å²) < 4.78 is 36.9. The number of benzene rings is 2. The molecule has 3 N–H and O–H groups in total. The van der Waals surface area contributed by atoms with Crippen molar-refractivity contribution in [1.29, 1.82) is 0 Å². The van der Waals surface area contributed by atoms with Crippen molar-refractivity contribution in [3.05, 3.63) is 54.1 Å². The van der Waals surface area contributed by atoms with Gasteiger partial charge in [-0.3, -0.25) is 9.59 Å². The molecule has 0 aliphatic rings. The standard InChI is InChI=1S/C15H11F3N2O3/c16-15(17,18)14(23)20-11-7-3-2-6-10(11)19-13(22)9-5-1-4-8-12(9)21/h1-8,21H,(H,19,22)(H,20,23). The van der Waals surface area contributed by atoms with E-state index in [9.17, 15) is 27.9 Å². The van der Waals surface area contributed by atoms with Gasteiger partial charge in [-0.15, -0.1) is 0 Å². The summed E-state index contributed by atoms with van der Waals surface area (Å²) in [5, 5.41) is 13.6. The van der Waals surface area contributed by atoms with E-state index < -0.39 is 18.0 Å². The highest BCUT2D eigenvalue weighted by atomic mass is 19.4. The molecule has 0 heterocycles. The summed E-state index contributed by atoms with van der Waals surface area (Å²) in [6, 6.07) is 11.1. The summed E-state index contributed by atoms with van der Waals surface area (Å²) in [6.45, 7) is 0. The second kappa shape index (κ2) is 6.39. The van der Waals surface area contributed by atoms with E-state index in [0.717, 1.165) is 0 Å². The molecule has 0 saturated heterocycles. The van der Waals surface area contributed by atoms with Crippen LogP contribution in [0.3, 0.4) is 0 Å². The van der Waals surface area contributed by atoms with E-state index in [0.29, 0.717) is 0 Å². The van der Waals surface area contributed by atoms with Crippen LogP contribution in [0.1, 0.15) is 10.4 Å². The molecule has 5 nitrogen and oxygen atoms in total. The van der Waals surface area contributed by atoms with Crippen molar-refractivity contribution in [3.63, 3.8) is 0 Å². The molecule has 2 aromatic rings. The number of halogens is 3. The highest BCUT2D eigenvalue weighted by Gasteiger charge is 2.39. The van der Waals surface area contributed by atoms with Crippen LogP contribution in [0.5, 0.6) is 5.75 Å². The number of para-hydroxylation sites is 3. The molecular weight excluding hydrogens is 313 g/mol. The molecule has 0 spiro atoms. The average Bonchev–Trinajstić information content (AvgIpc) is 2.48. The normalized spacial score (nSPS) is 10.9. The molecule has 0 aliphatic heterocycles. The van der Waals surface area contributed by atoms with Crippen molar-refractivity contribution in [2.75, 3.05) is 10.6 Å². The number of aromatic hydroxyl groups is 1. The number of rotatable bonds is 3. The third kappa shape index (κ3) is 4.00. The molecule has 0 unspecified atom stereocenters. The molecule has 0 fully saturated rings. The lowest BCUT2D eigenvalue weighted by Gasteiger charge is -2.13. The largest absolute Gasteiger partial charge is 0.507 e. The van der Waals surface area contributed by atoms with Gasteiger partial charge in [0.1, 0.15) is 5.75 Å². The Balaban J connectivity index is 2.23. The van der Waals surface area contributed by atoms with Gasteiger partial charge in [0.05, 0.1) is 16.9 Å². The number of carbonyl (C=O) groups excluding carboxylic acids is 2. The Bertz CT molecular complexity index is 745. The lowest BCUT2D eigenvalue weighted by Crippen LogP contribution is -2.30. The molecule has 0 aromatic heterocycles. The Morgan fingerprint density at radius 2 is 1.39 bits per heavy atom. The molecule has 0 bridgehead atoms. The third-order valence-electron chi connectivity index (χ3n) is 2.83. The smallest absolute Gasteiger partial charge is 0.471 e. The van der Waals surface area contributed by atoms with Crippen LogP contribution in [0.2, 0.25) is 0 Å². The van der Waals surface area contributed by atoms with Crippen molar-refractivity contribution in [3.8, 4) is 5.75 Å². The first-order chi connectivity index (χ1) is 10.8. The topological polar surface area (TPSA) is 78.4 Å². The van der Waals surface area contributed by atoms with E-state index in [1.807, 2.05) is 0 Å². The average molecular weight is 324 g/mol. The predicted molar refractivity (Wildman–Crippen MR) is 77.2 cm³/mol. The number of phenols is 1. The van der Waals surface area contributed by atoms with Gasteiger partial charge in [-0.1, -0.05) is 24.3 Å². The Kier molecular flexibility index (Phi) is 4.54. The van der Waals surface area contributed by atoms with Gasteiger partial charge in [0.15, 0.2) is 0 Å². The van der Waals surface area contributed by atoms with Gasteiger partial charge in [-0.2, -0.15) is 13.2 Å². The van der Waals surface area contributed by atoms with Gasteiger partial charge in [0, 0.05) is 0 Å². The van der Waals surface area contributed by atoms with Crippen molar-refractivity contribution in [1.82, 2.24) is 0 Å². The number of hydrogen-bond acceptors (Lipinski definition) is 3. The molecule has 0 saturated carbocycles. The number of anilines is 2. The Hall–Kier alpha value is -3.03. The first-order valence-electron chi connectivity index (χ1n) is 6.35. The molecular formula is C15H11F3N2O3. The van der Waals surface area contributed by atoms with Crippen LogP contribution in [0.25, 0.3) is 0 Å². The van der Waals surface area contributed by atoms with Crippen LogP contribution >= 0.6 is 0 Å². The maximum atomic E-state index is 12.3. The van der Waals surface area contributed by atoms with Crippen molar-refractivity contribution in [2.24, 2.45) is 0 Å². The van der Waals surface area contributed by atoms with Crippen molar-refractivity contribution in [2.45, 2.75) is 6.18 Å². The van der Waals surface area contributed by atoms with Crippen LogP contribution in [0, 0.1) is 0 Å². The summed E-state index contributed by atoms with van der Waals surface area (Å²) in [4.78, 5) is 23.1. The molecule has 2 amide bonds. The lowest BCUT2D eigenvalue weighted by molar-refractivity contribution is -0.167. The first-order valence-corrected chi connectivity index (χ1v) is 6.35. The predicted octanol–water partition coefficient (Wildman–Crippen LogP) is 3.15. The Morgan fingerprint density at radius 3 is 1.96 bits per heavy atom. The summed E-state index contributed by atoms with van der Waals surface area (Å²) in [5.41, 5.74) is -0.290. The van der Waals surface area contributed by atoms with Gasteiger partial charge in [-0.25, -0.2) is 0 Å². The summed E-state index contributed by atoms with van der Waals surface area (Å²) in [7, 11) is 0. The molecule has 2 aromatic carbocycles. The fourth-order valence-corrected chi connectivity index (χ4v) is 1.75. The molecule has 120 valence electrons. The minimum Gasteiger partial charge on any atom is -0.507 e. The monoisotopic (exact) mass is 324 g/mol. The molecule has 0 atom stereocenters. The van der Waals surface area contributed by atoms with Gasteiger partial charge in [0.2, 0.25) is 0 Å². The van der Waals surface area contributed by atoms with Crippen LogP contribution in [-0.4, -0.2) is 23.1 Å². The van der Waals surface area contributed by atoms with Crippen LogP contribution in [0.4, 0.5) is 24.5 Å². The molecule has 0 aliphatic carbocycles. The lowest BCUT2D eigenvalue weighted by atomic mass is 10.1. The highest BCUT2D eigenvalue weighted by Crippen LogP contribution is 2.26. The van der Waals surface area contributed by atoms with Crippen LogP contribution in [-0.2, 0) is 4.79 Å². The number of alkyl halides is 3. The fourth-order valence-electron chi connectivity index (χ4n) is 1.75. The zero-order valence-electron chi connectivity index (χ0n) is 11.5. The molecule has 0 radical (unpaired) electrons. The third-order valence-corrected chi connectivity index (χ3v) is 2.83. The van der Waals surface area contributed by atoms with Crippen LogP contribution in [0.15, 0.2) is 48.5 Å². The first kappa shape index (κ1) is 16.3. The number of phenolic OH excluding ortho intramolecular Hbond substituents is 1. The van der Waals surface area contributed by atoms with Gasteiger partial charge >= 0.3 is 12.1 Å². The summed E-state index contributed by atoms with van der Waals surface area (Å²) >= 11 is 0. The van der Waals surface area contributed by atoms with Crippen LogP contribution < -0.4 is 10.6 Å². The van der Waals surface area contributed by atoms with E-state index >= 15 is 0 Å². The highest BCUT2D eigenvalue weighted by molar-refractivity contribution is 6.09. The molecule has 23 heavy (non-hydrogen) atoms. The minimum atomic E-state index is -5.05. The van der Waals surface area contributed by atoms with E-state index in [1.54, 1.807) is 5.32 Å². The SMILES string of the molecule is O=C(Nc1ccccc1NC(=O)C(F)(F)F)c1ccccc1O. The quantitative estimate of drug-likeness (QED) is 0.811. The minimum absolute atomic E-state index is 0.0293. The van der Waals surface area contributed by atoms with E-state index in [4.69, 9.17) is 0 Å². The van der Waals surface area contributed by atoms with Gasteiger partial charge in [-0.05, 0) is 24.3 Å². The summed E-state index contributed by atoms with van der Waals surface area (Å²) in [5.74, 6) is -3.15. The second-order valence-electron chi connectivity index (χ2n) is 4.47. The number of carbonyl (C=O) groups is 2. The van der Waals surface area contributed by atoms with E-state index in [1.165, 1.54) is 48.5 Å². The Morgan fingerprint density at radius 1 is 0.870 bits per heavy atom. The maximum absolute atomic E-state index is 12.3. The number of nitrogens with one attached hydrogen (secondary N) is 2. The van der Waals surface area contributed by atoms with Crippen molar-refractivity contribution >= 4 is 23.2 Å². The van der Waals surface area contributed by atoms with Gasteiger partial charge in [0.25, 0.3) is 5.91 Å². The fraction of sp³-hybridized carbons (Fsp3) is 0.0667. The number of hydrogen-bond donors (Lipinski definition) is 3. The maximum Gasteiger partial charge on any atom is 0.471 e. The van der Waals surface area contributed by atoms with Crippen molar-refractivity contribution < 1.29 is 27.9 Å². The summed E-state index contributed by atoms with van der Waals surface area (Å²) in [6.07, 6.45) is -5.05. The second-order valence-corrected chi connectivity index (χ2v) is 4.47. The zero-order chi connectivity index (χ0) is 17.0. The van der Waals surface area contributed by atoms with E-state index in [-0.39, 0.29) is 22.7 Å². The number of amides is 2. The molecule has 2 rings (SSSR count). The zero-order valence-corrected chi connectivity index (χ0v) is 11.5. The molecule has 8 heteroatoms. The van der Waals surface area contributed by atoms with Gasteiger partial charge < -0.3 is 15.7 Å². The van der Waals surface area contributed by atoms with E-state index in [2.05, 4.69) is 5.32 Å².